The van der Waals surface area contributed by atoms with Crippen LogP contribution in [0.3, 0.4) is 0 Å². The molecule has 3 rings (SSSR count). The normalized spacial score (nSPS) is 14.2. The predicted molar refractivity (Wildman–Crippen MR) is 99.8 cm³/mol. The second-order valence-corrected chi connectivity index (χ2v) is 8.19. The van der Waals surface area contributed by atoms with Gasteiger partial charge < -0.3 is 14.8 Å². The highest BCUT2D eigenvalue weighted by molar-refractivity contribution is 7.89. The molecule has 2 N–H and O–H groups in total. The van der Waals surface area contributed by atoms with E-state index in [9.17, 15) is 13.2 Å². The average Bonchev–Trinajstić information content (AvgIpc) is 2.93. The van der Waals surface area contributed by atoms with Gasteiger partial charge in [0.25, 0.3) is 10.0 Å². The molecule has 0 fully saturated rings. The zero-order valence-corrected chi connectivity index (χ0v) is 15.9. The summed E-state index contributed by atoms with van der Waals surface area (Å²) < 4.78 is 28.3. The molecule has 9 heteroatoms. The van der Waals surface area contributed by atoms with Crippen LogP contribution in [-0.2, 0) is 28.3 Å². The van der Waals surface area contributed by atoms with Crippen molar-refractivity contribution in [1.82, 2.24) is 14.3 Å². The molecule has 1 amide bonds. The molecule has 0 saturated heterocycles. The smallest absolute Gasteiger partial charge is 0.260 e. The Labute approximate surface area is 153 Å². The Morgan fingerprint density at radius 2 is 2.08 bits per heavy atom. The van der Waals surface area contributed by atoms with Gasteiger partial charge in [-0.2, -0.15) is 0 Å². The van der Waals surface area contributed by atoms with Crippen LogP contribution in [0.5, 0.6) is 0 Å². The van der Waals surface area contributed by atoms with Crippen LogP contribution in [0.2, 0.25) is 0 Å². The van der Waals surface area contributed by atoms with Crippen molar-refractivity contribution >= 4 is 27.3 Å². The number of carbonyl (C=O) groups is 1. The topological polar surface area (TPSA) is 96.3 Å². The standard InChI is InChI=1S/C17H23N5O3S/c1-12-19-17(11-22(12)3)26(24,25)18-10-16(23)20-14-6-7-15-13(9-14)5-4-8-21(15)2/h6-7,9,11,18H,4-5,8,10H2,1-3H3,(H,20,23). The molecular weight excluding hydrogens is 354 g/mol. The van der Waals surface area contributed by atoms with Gasteiger partial charge in [-0.05, 0) is 43.5 Å². The summed E-state index contributed by atoms with van der Waals surface area (Å²) in [7, 11) is -0.0645. The van der Waals surface area contributed by atoms with Gasteiger partial charge in [0.1, 0.15) is 5.82 Å². The summed E-state index contributed by atoms with van der Waals surface area (Å²) in [6, 6.07) is 5.75. The van der Waals surface area contributed by atoms with Gasteiger partial charge >= 0.3 is 0 Å². The highest BCUT2D eigenvalue weighted by atomic mass is 32.2. The first-order chi connectivity index (χ1) is 12.3. The second kappa shape index (κ2) is 7.08. The van der Waals surface area contributed by atoms with Crippen molar-refractivity contribution in [2.45, 2.75) is 24.8 Å². The molecule has 8 nitrogen and oxygen atoms in total. The van der Waals surface area contributed by atoms with Crippen LogP contribution in [0.25, 0.3) is 0 Å². The molecule has 0 atom stereocenters. The number of imidazole rings is 1. The number of amides is 1. The maximum absolute atomic E-state index is 12.2. The van der Waals surface area contributed by atoms with Crippen LogP contribution in [-0.4, -0.2) is 44.0 Å². The minimum absolute atomic E-state index is 0.0953. The van der Waals surface area contributed by atoms with Crippen LogP contribution < -0.4 is 14.9 Å². The van der Waals surface area contributed by atoms with Gasteiger partial charge in [-0.1, -0.05) is 0 Å². The van der Waals surface area contributed by atoms with E-state index in [2.05, 4.69) is 19.9 Å². The summed E-state index contributed by atoms with van der Waals surface area (Å²) in [5, 5.41) is 2.64. The SMILES string of the molecule is Cc1nc(S(=O)(=O)NCC(=O)Nc2ccc3c(c2)CCCN3C)cn1C. The Balaban J connectivity index is 1.62. The summed E-state index contributed by atoms with van der Waals surface area (Å²) in [4.78, 5) is 18.3. The lowest BCUT2D eigenvalue weighted by atomic mass is 10.0. The lowest BCUT2D eigenvalue weighted by molar-refractivity contribution is -0.115. The largest absolute Gasteiger partial charge is 0.374 e. The molecule has 1 aromatic carbocycles. The van der Waals surface area contributed by atoms with Crippen LogP contribution in [0, 0.1) is 6.92 Å². The molecule has 0 aliphatic carbocycles. The minimum atomic E-state index is -3.82. The van der Waals surface area contributed by atoms with Crippen molar-refractivity contribution in [3.05, 3.63) is 35.8 Å². The molecule has 26 heavy (non-hydrogen) atoms. The zero-order chi connectivity index (χ0) is 18.9. The van der Waals surface area contributed by atoms with E-state index in [-0.39, 0.29) is 11.6 Å². The number of nitrogens with zero attached hydrogens (tertiary/aromatic N) is 3. The van der Waals surface area contributed by atoms with E-state index in [1.165, 1.54) is 17.4 Å². The van der Waals surface area contributed by atoms with Gasteiger partial charge in [-0.3, -0.25) is 4.79 Å². The number of anilines is 2. The second-order valence-electron chi connectivity index (χ2n) is 6.48. The van der Waals surface area contributed by atoms with Gasteiger partial charge in [0.2, 0.25) is 5.91 Å². The molecular formula is C17H23N5O3S. The van der Waals surface area contributed by atoms with Crippen molar-refractivity contribution in [3.63, 3.8) is 0 Å². The summed E-state index contributed by atoms with van der Waals surface area (Å²) in [5.41, 5.74) is 3.01. The highest BCUT2D eigenvalue weighted by Crippen LogP contribution is 2.28. The number of carbonyl (C=O) groups excluding carboxylic acids is 1. The average molecular weight is 377 g/mol. The first-order valence-corrected chi connectivity index (χ1v) is 9.88. The minimum Gasteiger partial charge on any atom is -0.374 e. The molecule has 1 aromatic heterocycles. The van der Waals surface area contributed by atoms with E-state index in [0.29, 0.717) is 11.5 Å². The third-order valence-corrected chi connectivity index (χ3v) is 5.77. The van der Waals surface area contributed by atoms with E-state index < -0.39 is 15.9 Å². The van der Waals surface area contributed by atoms with E-state index >= 15 is 0 Å². The van der Waals surface area contributed by atoms with E-state index in [1.54, 1.807) is 18.5 Å². The number of hydrogen-bond donors (Lipinski definition) is 2. The molecule has 1 aliphatic rings. The molecule has 0 unspecified atom stereocenters. The Bertz CT molecular complexity index is 916. The number of rotatable bonds is 5. The van der Waals surface area contributed by atoms with Crippen molar-refractivity contribution < 1.29 is 13.2 Å². The van der Waals surface area contributed by atoms with Crippen molar-refractivity contribution in [1.29, 1.82) is 0 Å². The van der Waals surface area contributed by atoms with Gasteiger partial charge in [-0.15, -0.1) is 0 Å². The molecule has 2 aromatic rings. The van der Waals surface area contributed by atoms with Gasteiger partial charge in [-0.25, -0.2) is 18.1 Å². The molecule has 0 radical (unpaired) electrons. The Kier molecular flexibility index (Phi) is 5.01. The van der Waals surface area contributed by atoms with Gasteiger partial charge in [0.15, 0.2) is 5.03 Å². The molecule has 0 bridgehead atoms. The number of sulfonamides is 1. The van der Waals surface area contributed by atoms with E-state index in [0.717, 1.165) is 19.4 Å². The van der Waals surface area contributed by atoms with Crippen molar-refractivity contribution in [2.24, 2.45) is 7.05 Å². The number of hydrogen-bond acceptors (Lipinski definition) is 5. The summed E-state index contributed by atoms with van der Waals surface area (Å²) in [6.45, 7) is 2.38. The summed E-state index contributed by atoms with van der Waals surface area (Å²) in [6.07, 6.45) is 3.45. The first-order valence-electron chi connectivity index (χ1n) is 8.40. The fraction of sp³-hybridized carbons (Fsp3) is 0.412. The fourth-order valence-corrected chi connectivity index (χ4v) is 3.98. The summed E-state index contributed by atoms with van der Waals surface area (Å²) in [5.74, 6) is 0.152. The zero-order valence-electron chi connectivity index (χ0n) is 15.1. The highest BCUT2D eigenvalue weighted by Gasteiger charge is 2.20. The lowest BCUT2D eigenvalue weighted by Crippen LogP contribution is -2.33. The molecule has 0 spiro atoms. The van der Waals surface area contributed by atoms with Gasteiger partial charge in [0, 0.05) is 38.2 Å². The number of aryl methyl sites for hydroxylation is 3. The maximum atomic E-state index is 12.2. The number of benzene rings is 1. The summed E-state index contributed by atoms with van der Waals surface area (Å²) >= 11 is 0. The Morgan fingerprint density at radius 3 is 2.77 bits per heavy atom. The Hall–Kier alpha value is -2.39. The Morgan fingerprint density at radius 1 is 1.31 bits per heavy atom. The third-order valence-electron chi connectivity index (χ3n) is 4.50. The quantitative estimate of drug-likeness (QED) is 0.811. The maximum Gasteiger partial charge on any atom is 0.260 e. The predicted octanol–water partition coefficient (Wildman–Crippen LogP) is 1.03. The third kappa shape index (κ3) is 3.88. The van der Waals surface area contributed by atoms with Crippen LogP contribution >= 0.6 is 0 Å². The molecule has 2 heterocycles. The molecule has 140 valence electrons. The van der Waals surface area contributed by atoms with E-state index in [4.69, 9.17) is 0 Å². The monoisotopic (exact) mass is 377 g/mol. The van der Waals surface area contributed by atoms with Gasteiger partial charge in [0.05, 0.1) is 6.54 Å². The molecule has 0 saturated carbocycles. The van der Waals surface area contributed by atoms with Crippen molar-refractivity contribution in [2.75, 3.05) is 30.4 Å². The number of nitrogens with one attached hydrogen (secondary N) is 2. The van der Waals surface area contributed by atoms with Crippen molar-refractivity contribution in [3.8, 4) is 0 Å². The molecule has 1 aliphatic heterocycles. The van der Waals surface area contributed by atoms with Crippen LogP contribution in [0.4, 0.5) is 11.4 Å². The lowest BCUT2D eigenvalue weighted by Gasteiger charge is -2.27. The fourth-order valence-electron chi connectivity index (χ4n) is 2.96. The first kappa shape index (κ1) is 18.4. The van der Waals surface area contributed by atoms with E-state index in [1.807, 2.05) is 25.2 Å². The number of aromatic nitrogens is 2. The van der Waals surface area contributed by atoms with Crippen LogP contribution in [0.1, 0.15) is 17.8 Å². The number of fused-ring (bicyclic) bond motifs is 1. The van der Waals surface area contributed by atoms with Crippen LogP contribution in [0.15, 0.2) is 29.4 Å².